The Morgan fingerprint density at radius 2 is 2.25 bits per heavy atom. The number of ether oxygens (including phenoxy) is 1. The van der Waals surface area contributed by atoms with Crippen LogP contribution in [-0.4, -0.2) is 36.5 Å². The van der Waals surface area contributed by atoms with Gasteiger partial charge >= 0.3 is 12.0 Å². The van der Waals surface area contributed by atoms with E-state index < -0.39 is 11.6 Å². The molecule has 1 aliphatic heterocycles. The van der Waals surface area contributed by atoms with Crippen LogP contribution in [0.5, 0.6) is 0 Å². The molecular weight excluding hydrogens is 264 g/mol. The number of rotatable bonds is 5. The molecule has 1 fully saturated rings. The van der Waals surface area contributed by atoms with Crippen molar-refractivity contribution in [2.75, 3.05) is 13.7 Å². The van der Waals surface area contributed by atoms with E-state index in [1.54, 1.807) is 19.1 Å². The van der Waals surface area contributed by atoms with Gasteiger partial charge in [-0.05, 0) is 25.5 Å². The van der Waals surface area contributed by atoms with Gasteiger partial charge in [-0.15, -0.1) is 0 Å². The number of nitrogens with one attached hydrogen (secondary N) is 1. The average Bonchev–Trinajstić information content (AvgIpc) is 3.02. The molecule has 1 atom stereocenters. The van der Waals surface area contributed by atoms with Crippen LogP contribution in [0.15, 0.2) is 22.8 Å². The molecule has 1 aromatic rings. The van der Waals surface area contributed by atoms with Crippen molar-refractivity contribution in [1.29, 1.82) is 0 Å². The zero-order valence-corrected chi connectivity index (χ0v) is 11.3. The molecule has 7 heteroatoms. The summed E-state index contributed by atoms with van der Waals surface area (Å²) in [6.45, 7) is 1.75. The maximum Gasteiger partial charge on any atom is 0.325 e. The molecule has 1 aliphatic rings. The zero-order valence-electron chi connectivity index (χ0n) is 11.3. The molecule has 3 amide bonds. The van der Waals surface area contributed by atoms with Crippen LogP contribution in [0.25, 0.3) is 0 Å². The van der Waals surface area contributed by atoms with Crippen LogP contribution < -0.4 is 5.32 Å². The molecule has 7 nitrogen and oxygen atoms in total. The number of hydrogen-bond acceptors (Lipinski definition) is 5. The number of urea groups is 1. The summed E-state index contributed by atoms with van der Waals surface area (Å²) in [6.07, 6.45) is 1.96. The number of imide groups is 1. The number of hydrogen-bond donors (Lipinski definition) is 1. The molecule has 0 aromatic carbocycles. The molecule has 0 aliphatic carbocycles. The lowest BCUT2D eigenvalue weighted by Gasteiger charge is -2.18. The maximum atomic E-state index is 12.3. The number of nitrogens with zero attached hydrogens (tertiary/aromatic N) is 1. The lowest BCUT2D eigenvalue weighted by Crippen LogP contribution is -2.40. The van der Waals surface area contributed by atoms with Gasteiger partial charge in [0.15, 0.2) is 5.54 Å². The Morgan fingerprint density at radius 3 is 2.85 bits per heavy atom. The fourth-order valence-corrected chi connectivity index (χ4v) is 2.11. The van der Waals surface area contributed by atoms with Crippen LogP contribution >= 0.6 is 0 Å². The average molecular weight is 280 g/mol. The highest BCUT2D eigenvalue weighted by molar-refractivity contribution is 6.06. The smallest absolute Gasteiger partial charge is 0.325 e. The molecule has 0 bridgehead atoms. The highest BCUT2D eigenvalue weighted by Gasteiger charge is 2.50. The maximum absolute atomic E-state index is 12.3. The second kappa shape index (κ2) is 5.36. The molecule has 1 aromatic heterocycles. The van der Waals surface area contributed by atoms with Crippen molar-refractivity contribution in [3.8, 4) is 0 Å². The van der Waals surface area contributed by atoms with E-state index in [0.29, 0.717) is 12.2 Å². The molecule has 2 rings (SSSR count). The Labute approximate surface area is 115 Å². The first-order valence-corrected chi connectivity index (χ1v) is 6.24. The van der Waals surface area contributed by atoms with E-state index >= 15 is 0 Å². The minimum absolute atomic E-state index is 0.158. The zero-order chi connectivity index (χ0) is 14.8. The predicted octanol–water partition coefficient (Wildman–Crippen LogP) is 1.000. The van der Waals surface area contributed by atoms with Crippen LogP contribution in [0.2, 0.25) is 0 Å². The van der Waals surface area contributed by atoms with Crippen LogP contribution in [0, 0.1) is 0 Å². The monoisotopic (exact) mass is 280 g/mol. The number of methoxy groups -OCH3 is 1. The van der Waals surface area contributed by atoms with E-state index in [1.165, 1.54) is 13.4 Å². The van der Waals surface area contributed by atoms with Crippen molar-refractivity contribution in [1.82, 2.24) is 10.2 Å². The van der Waals surface area contributed by atoms with Gasteiger partial charge < -0.3 is 14.5 Å². The Morgan fingerprint density at radius 1 is 1.50 bits per heavy atom. The van der Waals surface area contributed by atoms with Crippen LogP contribution in [-0.2, 0) is 19.9 Å². The molecule has 2 heterocycles. The first-order chi connectivity index (χ1) is 9.49. The highest BCUT2D eigenvalue weighted by atomic mass is 16.5. The molecule has 0 radical (unpaired) electrons. The summed E-state index contributed by atoms with van der Waals surface area (Å²) in [7, 11) is 1.30. The van der Waals surface area contributed by atoms with Crippen molar-refractivity contribution in [2.45, 2.75) is 25.3 Å². The fourth-order valence-electron chi connectivity index (χ4n) is 2.11. The quantitative estimate of drug-likeness (QED) is 0.642. The Balaban J connectivity index is 2.04. The minimum atomic E-state index is -1.19. The summed E-state index contributed by atoms with van der Waals surface area (Å²) < 4.78 is 9.72. The third-order valence-corrected chi connectivity index (χ3v) is 3.28. The molecular formula is C13H16N2O5. The Hall–Kier alpha value is -2.31. The van der Waals surface area contributed by atoms with E-state index in [4.69, 9.17) is 4.42 Å². The van der Waals surface area contributed by atoms with Gasteiger partial charge in [0.05, 0.1) is 13.4 Å². The highest BCUT2D eigenvalue weighted by Crippen LogP contribution is 2.29. The third kappa shape index (κ3) is 2.38. The van der Waals surface area contributed by atoms with Gasteiger partial charge in [0.1, 0.15) is 5.76 Å². The van der Waals surface area contributed by atoms with E-state index in [2.05, 4.69) is 10.1 Å². The van der Waals surface area contributed by atoms with Crippen molar-refractivity contribution >= 4 is 17.9 Å². The normalized spacial score (nSPS) is 22.0. The first-order valence-electron chi connectivity index (χ1n) is 6.24. The molecule has 1 saturated heterocycles. The van der Waals surface area contributed by atoms with E-state index in [1.807, 2.05) is 0 Å². The summed E-state index contributed by atoms with van der Waals surface area (Å²) in [4.78, 5) is 36.3. The van der Waals surface area contributed by atoms with Crippen LogP contribution in [0.4, 0.5) is 4.79 Å². The second-order valence-corrected chi connectivity index (χ2v) is 4.67. The number of carbonyl (C=O) groups is 3. The SMILES string of the molecule is COC(=O)CCCN1C(=O)NC(C)(c2ccco2)C1=O. The fraction of sp³-hybridized carbons (Fsp3) is 0.462. The second-order valence-electron chi connectivity index (χ2n) is 4.67. The van der Waals surface area contributed by atoms with Crippen LogP contribution in [0.3, 0.4) is 0 Å². The molecule has 0 spiro atoms. The topological polar surface area (TPSA) is 88.8 Å². The number of furan rings is 1. The number of carbonyl (C=O) groups excluding carboxylic acids is 3. The van der Waals surface area contributed by atoms with Gasteiger partial charge in [0.25, 0.3) is 5.91 Å². The van der Waals surface area contributed by atoms with E-state index in [9.17, 15) is 14.4 Å². The van der Waals surface area contributed by atoms with Gasteiger partial charge in [0.2, 0.25) is 0 Å². The van der Waals surface area contributed by atoms with Gasteiger partial charge in [0, 0.05) is 13.0 Å². The van der Waals surface area contributed by atoms with Gasteiger partial charge in [-0.25, -0.2) is 4.79 Å². The predicted molar refractivity (Wildman–Crippen MR) is 67.6 cm³/mol. The number of esters is 1. The van der Waals surface area contributed by atoms with Gasteiger partial charge in [-0.2, -0.15) is 0 Å². The summed E-state index contributed by atoms with van der Waals surface area (Å²) in [6, 6.07) is 2.80. The first kappa shape index (κ1) is 14.1. The Bertz CT molecular complexity index is 525. The molecule has 0 saturated carbocycles. The third-order valence-electron chi connectivity index (χ3n) is 3.28. The van der Waals surface area contributed by atoms with E-state index in [0.717, 1.165) is 4.90 Å². The largest absolute Gasteiger partial charge is 0.469 e. The van der Waals surface area contributed by atoms with Gasteiger partial charge in [-0.3, -0.25) is 14.5 Å². The van der Waals surface area contributed by atoms with Crippen molar-refractivity contribution in [2.24, 2.45) is 0 Å². The standard InChI is InChI=1S/C13H16N2O5/c1-13(9-5-4-8-20-9)11(17)15(12(18)14-13)7-3-6-10(16)19-2/h4-5,8H,3,6-7H2,1-2H3,(H,14,18). The van der Waals surface area contributed by atoms with Crippen molar-refractivity contribution in [3.63, 3.8) is 0 Å². The minimum Gasteiger partial charge on any atom is -0.469 e. The lowest BCUT2D eigenvalue weighted by molar-refractivity contribution is -0.141. The molecule has 1 N–H and O–H groups in total. The van der Waals surface area contributed by atoms with Gasteiger partial charge in [-0.1, -0.05) is 0 Å². The molecule has 108 valence electrons. The van der Waals surface area contributed by atoms with E-state index in [-0.39, 0.29) is 24.8 Å². The summed E-state index contributed by atoms with van der Waals surface area (Å²) in [5.41, 5.74) is -1.19. The van der Waals surface area contributed by atoms with Crippen molar-refractivity contribution < 1.29 is 23.5 Å². The Kier molecular flexibility index (Phi) is 3.78. The molecule has 1 unspecified atom stereocenters. The summed E-state index contributed by atoms with van der Waals surface area (Å²) in [5.74, 6) is -0.375. The lowest BCUT2D eigenvalue weighted by atomic mass is 9.99. The number of amides is 3. The summed E-state index contributed by atoms with van der Waals surface area (Å²) >= 11 is 0. The van der Waals surface area contributed by atoms with Crippen molar-refractivity contribution in [3.05, 3.63) is 24.2 Å². The summed E-state index contributed by atoms with van der Waals surface area (Å²) in [5, 5.41) is 2.61. The van der Waals surface area contributed by atoms with Crippen LogP contribution in [0.1, 0.15) is 25.5 Å². The molecule has 20 heavy (non-hydrogen) atoms.